The summed E-state index contributed by atoms with van der Waals surface area (Å²) in [6, 6.07) is 14.3. The van der Waals surface area contributed by atoms with Gasteiger partial charge in [-0.1, -0.05) is 6.07 Å². The van der Waals surface area contributed by atoms with Crippen molar-refractivity contribution in [2.75, 3.05) is 11.9 Å². The van der Waals surface area contributed by atoms with Crippen LogP contribution in [0.3, 0.4) is 0 Å². The smallest absolute Gasteiger partial charge is 0.248 e. The molecule has 3 aromatic rings. The molecule has 0 spiro atoms. The third-order valence-corrected chi connectivity index (χ3v) is 4.60. The fourth-order valence-corrected chi connectivity index (χ4v) is 3.28. The summed E-state index contributed by atoms with van der Waals surface area (Å²) in [5, 5.41) is 4.85. The Hall–Kier alpha value is -2.90. The SMILES string of the molecule is NC(=O)c1ccc(NC(=O)CN(Cc2ccco2)Cc2cccs2)cc1. The standard InChI is InChI=1S/C19H19N3O3S/c20-19(24)14-5-7-15(8-6-14)21-18(23)13-22(11-16-3-1-9-25-16)12-17-4-2-10-26-17/h1-10H,11-13H2,(H2,20,24)(H,21,23). The summed E-state index contributed by atoms with van der Waals surface area (Å²) in [7, 11) is 0. The van der Waals surface area contributed by atoms with E-state index >= 15 is 0 Å². The van der Waals surface area contributed by atoms with Crippen molar-refractivity contribution in [2.24, 2.45) is 5.73 Å². The van der Waals surface area contributed by atoms with Crippen molar-refractivity contribution in [3.63, 3.8) is 0 Å². The minimum atomic E-state index is -0.497. The number of carbonyl (C=O) groups excluding carboxylic acids is 2. The normalized spacial score (nSPS) is 10.8. The molecule has 0 fully saturated rings. The van der Waals surface area contributed by atoms with Gasteiger partial charge in [-0.3, -0.25) is 14.5 Å². The summed E-state index contributed by atoms with van der Waals surface area (Å²) in [6.45, 7) is 1.42. The van der Waals surface area contributed by atoms with E-state index in [1.54, 1.807) is 41.9 Å². The number of nitrogens with two attached hydrogens (primary N) is 1. The molecule has 2 amide bonds. The average molecular weight is 369 g/mol. The molecular weight excluding hydrogens is 350 g/mol. The number of nitrogens with one attached hydrogen (secondary N) is 1. The summed E-state index contributed by atoms with van der Waals surface area (Å²) in [4.78, 5) is 26.7. The first-order valence-electron chi connectivity index (χ1n) is 8.07. The van der Waals surface area contributed by atoms with Crippen molar-refractivity contribution in [3.05, 3.63) is 76.4 Å². The van der Waals surface area contributed by atoms with Gasteiger partial charge in [-0.25, -0.2) is 0 Å². The van der Waals surface area contributed by atoms with Gasteiger partial charge >= 0.3 is 0 Å². The first-order valence-corrected chi connectivity index (χ1v) is 8.95. The van der Waals surface area contributed by atoms with Crippen molar-refractivity contribution < 1.29 is 14.0 Å². The Morgan fingerprint density at radius 2 is 1.88 bits per heavy atom. The molecule has 2 aromatic heterocycles. The van der Waals surface area contributed by atoms with Crippen molar-refractivity contribution >= 4 is 28.8 Å². The zero-order valence-corrected chi connectivity index (χ0v) is 14.9. The molecule has 0 aliphatic rings. The van der Waals surface area contributed by atoms with Crippen LogP contribution in [0.1, 0.15) is 21.0 Å². The first-order chi connectivity index (χ1) is 12.6. The Morgan fingerprint density at radius 3 is 2.50 bits per heavy atom. The summed E-state index contributed by atoms with van der Waals surface area (Å²) in [5.41, 5.74) is 6.24. The van der Waals surface area contributed by atoms with Gasteiger partial charge in [0.1, 0.15) is 5.76 Å². The van der Waals surface area contributed by atoms with Crippen molar-refractivity contribution in [2.45, 2.75) is 13.1 Å². The van der Waals surface area contributed by atoms with Gasteiger partial charge in [0.05, 0.1) is 19.4 Å². The van der Waals surface area contributed by atoms with E-state index in [0.717, 1.165) is 5.76 Å². The highest BCUT2D eigenvalue weighted by Crippen LogP contribution is 2.15. The molecule has 0 aliphatic heterocycles. The Morgan fingerprint density at radius 1 is 1.08 bits per heavy atom. The maximum absolute atomic E-state index is 12.4. The van der Waals surface area contributed by atoms with E-state index in [1.165, 1.54) is 4.88 Å². The summed E-state index contributed by atoms with van der Waals surface area (Å²) < 4.78 is 5.40. The van der Waals surface area contributed by atoms with Gasteiger partial charge in [-0.05, 0) is 47.8 Å². The van der Waals surface area contributed by atoms with E-state index in [4.69, 9.17) is 10.2 Å². The number of hydrogen-bond donors (Lipinski definition) is 2. The third-order valence-electron chi connectivity index (χ3n) is 3.74. The molecule has 0 aliphatic carbocycles. The van der Waals surface area contributed by atoms with Crippen LogP contribution < -0.4 is 11.1 Å². The zero-order valence-electron chi connectivity index (χ0n) is 14.1. The Labute approximate surface area is 155 Å². The number of furan rings is 1. The molecule has 134 valence electrons. The highest BCUT2D eigenvalue weighted by molar-refractivity contribution is 7.09. The van der Waals surface area contributed by atoms with Crippen LogP contribution in [0.2, 0.25) is 0 Å². The molecule has 7 heteroatoms. The number of thiophene rings is 1. The quantitative estimate of drug-likeness (QED) is 0.639. The van der Waals surface area contributed by atoms with Crippen LogP contribution in [0.25, 0.3) is 0 Å². The Bertz CT molecular complexity index is 807. The summed E-state index contributed by atoms with van der Waals surface area (Å²) in [5.74, 6) is 0.170. The molecule has 1 aromatic carbocycles. The van der Waals surface area contributed by atoms with Crippen LogP contribution in [-0.4, -0.2) is 23.3 Å². The molecule has 3 N–H and O–H groups in total. The van der Waals surface area contributed by atoms with Gasteiger partial charge in [-0.2, -0.15) is 0 Å². The fourth-order valence-electron chi connectivity index (χ4n) is 2.54. The second-order valence-electron chi connectivity index (χ2n) is 5.79. The van der Waals surface area contributed by atoms with Gasteiger partial charge in [0.25, 0.3) is 0 Å². The molecule has 0 bridgehead atoms. The predicted molar refractivity (Wildman–Crippen MR) is 101 cm³/mol. The maximum Gasteiger partial charge on any atom is 0.248 e. The lowest BCUT2D eigenvalue weighted by molar-refractivity contribution is -0.117. The molecule has 0 unspecified atom stereocenters. The zero-order chi connectivity index (χ0) is 18.4. The Kier molecular flexibility index (Phi) is 5.83. The molecule has 6 nitrogen and oxygen atoms in total. The number of primary amides is 1. The molecule has 0 radical (unpaired) electrons. The lowest BCUT2D eigenvalue weighted by Gasteiger charge is -2.20. The molecule has 0 saturated heterocycles. The van der Waals surface area contributed by atoms with Crippen molar-refractivity contribution in [1.29, 1.82) is 0 Å². The highest BCUT2D eigenvalue weighted by Gasteiger charge is 2.14. The number of benzene rings is 1. The number of anilines is 1. The highest BCUT2D eigenvalue weighted by atomic mass is 32.1. The summed E-state index contributed by atoms with van der Waals surface area (Å²) in [6.07, 6.45) is 1.62. The van der Waals surface area contributed by atoms with E-state index in [9.17, 15) is 9.59 Å². The fraction of sp³-hybridized carbons (Fsp3) is 0.158. The minimum Gasteiger partial charge on any atom is -0.468 e. The Balaban J connectivity index is 1.63. The van der Waals surface area contributed by atoms with Crippen molar-refractivity contribution in [3.8, 4) is 0 Å². The summed E-state index contributed by atoms with van der Waals surface area (Å²) >= 11 is 1.65. The maximum atomic E-state index is 12.4. The van der Waals surface area contributed by atoms with Gasteiger partial charge in [0, 0.05) is 22.7 Å². The van der Waals surface area contributed by atoms with Crippen LogP contribution in [0, 0.1) is 0 Å². The van der Waals surface area contributed by atoms with Gasteiger partial charge in [-0.15, -0.1) is 11.3 Å². The second kappa shape index (κ2) is 8.46. The van der Waals surface area contributed by atoms with E-state index in [2.05, 4.69) is 5.32 Å². The molecule has 3 rings (SSSR count). The monoisotopic (exact) mass is 369 g/mol. The van der Waals surface area contributed by atoms with Crippen LogP contribution in [0.5, 0.6) is 0 Å². The third kappa shape index (κ3) is 5.05. The van der Waals surface area contributed by atoms with E-state index in [0.29, 0.717) is 24.3 Å². The van der Waals surface area contributed by atoms with E-state index in [1.807, 2.05) is 34.5 Å². The van der Waals surface area contributed by atoms with E-state index in [-0.39, 0.29) is 12.5 Å². The number of nitrogens with zero attached hydrogens (tertiary/aromatic N) is 1. The first kappa shape index (κ1) is 17.9. The van der Waals surface area contributed by atoms with Gasteiger partial charge in [0.15, 0.2) is 0 Å². The van der Waals surface area contributed by atoms with E-state index < -0.39 is 5.91 Å². The average Bonchev–Trinajstić information content (AvgIpc) is 3.29. The molecule has 0 saturated carbocycles. The van der Waals surface area contributed by atoms with Crippen LogP contribution in [0.4, 0.5) is 5.69 Å². The minimum absolute atomic E-state index is 0.139. The predicted octanol–water partition coefficient (Wildman–Crippen LogP) is 3.08. The molecular formula is C19H19N3O3S. The lowest BCUT2D eigenvalue weighted by atomic mass is 10.2. The van der Waals surface area contributed by atoms with Crippen LogP contribution >= 0.6 is 11.3 Å². The number of hydrogen-bond acceptors (Lipinski definition) is 5. The topological polar surface area (TPSA) is 88.6 Å². The molecule has 0 atom stereocenters. The van der Waals surface area contributed by atoms with Gasteiger partial charge in [0.2, 0.25) is 11.8 Å². The lowest BCUT2D eigenvalue weighted by Crippen LogP contribution is -2.32. The second-order valence-corrected chi connectivity index (χ2v) is 6.83. The number of carbonyl (C=O) groups is 2. The largest absolute Gasteiger partial charge is 0.468 e. The van der Waals surface area contributed by atoms with Gasteiger partial charge < -0.3 is 15.5 Å². The van der Waals surface area contributed by atoms with Crippen molar-refractivity contribution in [1.82, 2.24) is 4.90 Å². The molecule has 26 heavy (non-hydrogen) atoms. The number of amides is 2. The van der Waals surface area contributed by atoms with Crippen LogP contribution in [-0.2, 0) is 17.9 Å². The molecule has 2 heterocycles. The van der Waals surface area contributed by atoms with Crippen LogP contribution in [0.15, 0.2) is 64.6 Å². The number of rotatable bonds is 8.